The van der Waals surface area contributed by atoms with Crippen molar-refractivity contribution in [3.63, 3.8) is 0 Å². The van der Waals surface area contributed by atoms with Crippen molar-refractivity contribution in [3.05, 3.63) is 0 Å². The Hall–Kier alpha value is -1.12. The molecule has 0 bridgehead atoms. The lowest BCUT2D eigenvalue weighted by Gasteiger charge is -2.39. The fourth-order valence-corrected chi connectivity index (χ4v) is 3.41. The molecule has 22 heavy (non-hydrogen) atoms. The van der Waals surface area contributed by atoms with E-state index in [2.05, 4.69) is 36.8 Å². The molecule has 0 aromatic heterocycles. The number of amides is 1. The monoisotopic (exact) mass is 306 g/mol. The number of carbonyl (C=O) groups is 1. The fourth-order valence-electron chi connectivity index (χ4n) is 3.41. The SMILES string of the molecule is CC(C)C(C#N)N1CCN(C(=O)CN(C)CC2CCC2)CC1. The second-order valence-electron chi connectivity index (χ2n) is 7.23. The quantitative estimate of drug-likeness (QED) is 0.744. The van der Waals surface area contributed by atoms with Gasteiger partial charge in [-0.2, -0.15) is 5.26 Å². The topological polar surface area (TPSA) is 50.6 Å². The summed E-state index contributed by atoms with van der Waals surface area (Å²) in [5.41, 5.74) is 0. The van der Waals surface area contributed by atoms with Gasteiger partial charge in [-0.25, -0.2) is 0 Å². The average Bonchev–Trinajstić information content (AvgIpc) is 2.44. The van der Waals surface area contributed by atoms with E-state index >= 15 is 0 Å². The summed E-state index contributed by atoms with van der Waals surface area (Å²) in [6, 6.07) is 2.37. The fraction of sp³-hybridized carbons (Fsp3) is 0.882. The number of nitrogens with zero attached hydrogens (tertiary/aromatic N) is 4. The zero-order valence-electron chi connectivity index (χ0n) is 14.3. The summed E-state index contributed by atoms with van der Waals surface area (Å²) >= 11 is 0. The Morgan fingerprint density at radius 1 is 1.27 bits per heavy atom. The standard InChI is InChI=1S/C17H30N4O/c1-14(2)16(11-18)20-7-9-21(10-8-20)17(22)13-19(3)12-15-5-4-6-15/h14-16H,4-10,12-13H2,1-3H3. The molecule has 1 atom stereocenters. The van der Waals surface area contributed by atoms with Crippen LogP contribution in [0.3, 0.4) is 0 Å². The van der Waals surface area contributed by atoms with Crippen molar-refractivity contribution in [2.45, 2.75) is 39.2 Å². The van der Waals surface area contributed by atoms with Gasteiger partial charge in [0, 0.05) is 32.7 Å². The van der Waals surface area contributed by atoms with Gasteiger partial charge in [0.25, 0.3) is 0 Å². The van der Waals surface area contributed by atoms with Gasteiger partial charge in [-0.05, 0) is 31.7 Å². The number of piperazine rings is 1. The van der Waals surface area contributed by atoms with E-state index in [0.717, 1.165) is 38.6 Å². The normalized spacial score (nSPS) is 21.7. The molecule has 1 aliphatic heterocycles. The number of likely N-dealkylation sites (N-methyl/N-ethyl adjacent to an activating group) is 1. The Morgan fingerprint density at radius 2 is 1.91 bits per heavy atom. The number of nitriles is 1. The molecule has 1 unspecified atom stereocenters. The van der Waals surface area contributed by atoms with Crippen LogP contribution in [0.4, 0.5) is 0 Å². The largest absolute Gasteiger partial charge is 0.339 e. The van der Waals surface area contributed by atoms with Crippen LogP contribution in [-0.2, 0) is 4.79 Å². The molecule has 2 rings (SSSR count). The van der Waals surface area contributed by atoms with E-state index in [4.69, 9.17) is 0 Å². The van der Waals surface area contributed by atoms with Crippen LogP contribution in [0.1, 0.15) is 33.1 Å². The smallest absolute Gasteiger partial charge is 0.236 e. The number of carbonyl (C=O) groups excluding carboxylic acids is 1. The highest BCUT2D eigenvalue weighted by Gasteiger charge is 2.28. The molecule has 1 amide bonds. The van der Waals surface area contributed by atoms with Gasteiger partial charge in [-0.15, -0.1) is 0 Å². The number of hydrogen-bond acceptors (Lipinski definition) is 4. The van der Waals surface area contributed by atoms with Gasteiger partial charge in [-0.1, -0.05) is 20.3 Å². The van der Waals surface area contributed by atoms with Gasteiger partial charge in [0.05, 0.1) is 12.6 Å². The highest BCUT2D eigenvalue weighted by Crippen LogP contribution is 2.26. The summed E-state index contributed by atoms with van der Waals surface area (Å²) < 4.78 is 0. The average molecular weight is 306 g/mol. The first-order valence-corrected chi connectivity index (χ1v) is 8.61. The molecule has 0 N–H and O–H groups in total. The summed E-state index contributed by atoms with van der Waals surface area (Å²) in [5.74, 6) is 1.37. The van der Waals surface area contributed by atoms with Gasteiger partial charge in [0.1, 0.15) is 6.04 Å². The maximum absolute atomic E-state index is 12.4. The first-order valence-electron chi connectivity index (χ1n) is 8.61. The van der Waals surface area contributed by atoms with E-state index in [1.807, 2.05) is 4.90 Å². The molecule has 0 radical (unpaired) electrons. The zero-order chi connectivity index (χ0) is 16.1. The molecule has 1 saturated heterocycles. The van der Waals surface area contributed by atoms with Crippen LogP contribution >= 0.6 is 0 Å². The van der Waals surface area contributed by atoms with Crippen molar-refractivity contribution < 1.29 is 4.79 Å². The molecule has 0 aromatic rings. The zero-order valence-corrected chi connectivity index (χ0v) is 14.3. The summed E-state index contributed by atoms with van der Waals surface area (Å²) in [7, 11) is 2.05. The van der Waals surface area contributed by atoms with Gasteiger partial charge in [0.2, 0.25) is 5.91 Å². The van der Waals surface area contributed by atoms with Crippen LogP contribution in [0, 0.1) is 23.2 Å². The highest BCUT2D eigenvalue weighted by atomic mass is 16.2. The molecule has 1 heterocycles. The molecule has 0 spiro atoms. The lowest BCUT2D eigenvalue weighted by atomic mass is 9.85. The molecular weight excluding hydrogens is 276 g/mol. The molecule has 0 aromatic carbocycles. The van der Waals surface area contributed by atoms with Gasteiger partial charge >= 0.3 is 0 Å². The van der Waals surface area contributed by atoms with Gasteiger partial charge in [0.15, 0.2) is 0 Å². The van der Waals surface area contributed by atoms with E-state index in [-0.39, 0.29) is 11.9 Å². The first-order chi connectivity index (χ1) is 10.5. The van der Waals surface area contributed by atoms with Crippen molar-refractivity contribution in [3.8, 4) is 6.07 Å². The van der Waals surface area contributed by atoms with E-state index < -0.39 is 0 Å². The molecule has 2 aliphatic rings. The molecule has 5 heteroatoms. The van der Waals surface area contributed by atoms with Crippen LogP contribution < -0.4 is 0 Å². The maximum Gasteiger partial charge on any atom is 0.236 e. The third-order valence-electron chi connectivity index (χ3n) is 5.02. The summed E-state index contributed by atoms with van der Waals surface area (Å²) in [6.45, 7) is 8.88. The molecular formula is C17H30N4O. The summed E-state index contributed by atoms with van der Waals surface area (Å²) in [6.07, 6.45) is 3.99. The third kappa shape index (κ3) is 4.44. The van der Waals surface area contributed by atoms with Crippen molar-refractivity contribution in [2.24, 2.45) is 11.8 Å². The van der Waals surface area contributed by atoms with Gasteiger partial charge < -0.3 is 4.90 Å². The highest BCUT2D eigenvalue weighted by molar-refractivity contribution is 5.78. The van der Waals surface area contributed by atoms with E-state index in [0.29, 0.717) is 12.5 Å². The second-order valence-corrected chi connectivity index (χ2v) is 7.23. The van der Waals surface area contributed by atoms with Crippen LogP contribution in [0.5, 0.6) is 0 Å². The first kappa shape index (κ1) is 17.2. The van der Waals surface area contributed by atoms with E-state index in [1.54, 1.807) is 0 Å². The molecule has 5 nitrogen and oxygen atoms in total. The van der Waals surface area contributed by atoms with Crippen LogP contribution in [0.15, 0.2) is 0 Å². The molecule has 1 aliphatic carbocycles. The Bertz CT molecular complexity index is 405. The van der Waals surface area contributed by atoms with Crippen LogP contribution in [0.25, 0.3) is 0 Å². The minimum atomic E-state index is -0.0291. The summed E-state index contributed by atoms with van der Waals surface area (Å²) in [4.78, 5) is 18.7. The predicted octanol–water partition coefficient (Wildman–Crippen LogP) is 1.41. The Labute approximate surface area is 134 Å². The Morgan fingerprint density at radius 3 is 2.36 bits per heavy atom. The maximum atomic E-state index is 12.4. The van der Waals surface area contributed by atoms with Crippen molar-refractivity contribution >= 4 is 5.91 Å². The van der Waals surface area contributed by atoms with Crippen molar-refractivity contribution in [2.75, 3.05) is 46.3 Å². The number of hydrogen-bond donors (Lipinski definition) is 0. The van der Waals surface area contributed by atoms with E-state index in [9.17, 15) is 10.1 Å². The van der Waals surface area contributed by atoms with Gasteiger partial charge in [-0.3, -0.25) is 14.6 Å². The molecule has 124 valence electrons. The molecule has 1 saturated carbocycles. The van der Waals surface area contributed by atoms with Crippen LogP contribution in [-0.4, -0.2) is 73.0 Å². The second kappa shape index (κ2) is 7.94. The third-order valence-corrected chi connectivity index (χ3v) is 5.02. The Kier molecular flexibility index (Phi) is 6.22. The van der Waals surface area contributed by atoms with E-state index in [1.165, 1.54) is 19.3 Å². The van der Waals surface area contributed by atoms with Crippen molar-refractivity contribution in [1.82, 2.24) is 14.7 Å². The Balaban J connectivity index is 1.73. The number of rotatable bonds is 6. The minimum absolute atomic E-state index is 0.0291. The lowest BCUT2D eigenvalue weighted by molar-refractivity contribution is -0.134. The minimum Gasteiger partial charge on any atom is -0.339 e. The lowest BCUT2D eigenvalue weighted by Crippen LogP contribution is -2.54. The summed E-state index contributed by atoms with van der Waals surface area (Å²) in [5, 5.41) is 9.28. The molecule has 2 fully saturated rings. The van der Waals surface area contributed by atoms with Crippen molar-refractivity contribution in [1.29, 1.82) is 5.26 Å². The van der Waals surface area contributed by atoms with Crippen LogP contribution in [0.2, 0.25) is 0 Å². The predicted molar refractivity (Wildman–Crippen MR) is 87.2 cm³/mol.